The molecule has 43 heavy (non-hydrogen) atoms. The Morgan fingerprint density at radius 1 is 0.953 bits per heavy atom. The molecule has 0 unspecified atom stereocenters. The van der Waals surface area contributed by atoms with Crippen LogP contribution in [-0.2, 0) is 0 Å². The molecule has 10 heteroatoms. The standard InChI is InChI=1S/C33H25N5O4S/c1-2-16-40-26-12-8-22(9-13-26)10-15-30-34-33-38(35-30)32(39)29(43-33)20-24-21-37(25-6-4-3-5-7-25)36-31(24)23-11-14-27-28(19-23)42-18-17-41-27/h2-15,19-21H,1,16-18H2/b15-10+,29-20-. The summed E-state index contributed by atoms with van der Waals surface area (Å²) in [6, 6.07) is 23.2. The van der Waals surface area contributed by atoms with Gasteiger partial charge in [0.15, 0.2) is 17.3 Å². The Labute approximate surface area is 250 Å². The average Bonchev–Trinajstić information content (AvgIpc) is 3.74. The first-order valence-electron chi connectivity index (χ1n) is 13.6. The molecule has 0 atom stereocenters. The SMILES string of the molecule is C=CCOc1ccc(/C=C/c2nc3s/c(=C\c4cn(-c5ccccc5)nc4-c4ccc5c(c4)OCCO5)c(=O)n3n2)cc1. The topological polar surface area (TPSA) is 92.8 Å². The second kappa shape index (κ2) is 11.4. The molecule has 1 aliphatic heterocycles. The molecule has 7 rings (SSSR count). The fraction of sp³-hybridized carbons (Fsp3) is 0.0909. The van der Waals surface area contributed by atoms with Crippen molar-refractivity contribution in [3.8, 4) is 34.2 Å². The molecule has 0 radical (unpaired) electrons. The van der Waals surface area contributed by atoms with Gasteiger partial charge in [0.2, 0.25) is 4.96 Å². The Hall–Kier alpha value is -5.48. The molecule has 212 valence electrons. The van der Waals surface area contributed by atoms with E-state index >= 15 is 0 Å². The molecule has 0 bridgehead atoms. The average molecular weight is 588 g/mol. The van der Waals surface area contributed by atoms with Crippen LogP contribution in [0.4, 0.5) is 0 Å². The Balaban J connectivity index is 1.23. The van der Waals surface area contributed by atoms with Crippen molar-refractivity contribution in [1.82, 2.24) is 24.4 Å². The quantitative estimate of drug-likeness (QED) is 0.230. The number of aromatic nitrogens is 5. The van der Waals surface area contributed by atoms with E-state index in [1.54, 1.807) is 16.8 Å². The lowest BCUT2D eigenvalue weighted by Gasteiger charge is -2.18. The fourth-order valence-electron chi connectivity index (χ4n) is 4.68. The van der Waals surface area contributed by atoms with Gasteiger partial charge in [-0.25, -0.2) is 4.68 Å². The molecule has 3 aromatic carbocycles. The van der Waals surface area contributed by atoms with Gasteiger partial charge in [-0.15, -0.1) is 5.10 Å². The van der Waals surface area contributed by atoms with E-state index in [1.807, 2.05) is 91.1 Å². The predicted octanol–water partition coefficient (Wildman–Crippen LogP) is 5.06. The minimum absolute atomic E-state index is 0.239. The van der Waals surface area contributed by atoms with Crippen LogP contribution in [0.1, 0.15) is 17.0 Å². The Bertz CT molecular complexity index is 2080. The van der Waals surface area contributed by atoms with Gasteiger partial charge in [-0.2, -0.15) is 14.6 Å². The zero-order valence-electron chi connectivity index (χ0n) is 22.9. The molecular formula is C33H25N5O4S. The minimum atomic E-state index is -0.239. The molecule has 0 N–H and O–H groups in total. The molecule has 0 amide bonds. The van der Waals surface area contributed by atoms with E-state index in [-0.39, 0.29) is 5.56 Å². The molecule has 0 spiro atoms. The highest BCUT2D eigenvalue weighted by Crippen LogP contribution is 2.35. The molecular weight excluding hydrogens is 562 g/mol. The molecule has 0 saturated carbocycles. The number of ether oxygens (including phenoxy) is 3. The predicted molar refractivity (Wildman–Crippen MR) is 167 cm³/mol. The summed E-state index contributed by atoms with van der Waals surface area (Å²) >= 11 is 1.28. The summed E-state index contributed by atoms with van der Waals surface area (Å²) in [4.78, 5) is 18.5. The largest absolute Gasteiger partial charge is 0.490 e. The van der Waals surface area contributed by atoms with Gasteiger partial charge in [0.1, 0.15) is 31.3 Å². The van der Waals surface area contributed by atoms with Gasteiger partial charge >= 0.3 is 0 Å². The van der Waals surface area contributed by atoms with Crippen LogP contribution in [0.2, 0.25) is 0 Å². The van der Waals surface area contributed by atoms with Crippen LogP contribution in [0.25, 0.3) is 40.1 Å². The third-order valence-electron chi connectivity index (χ3n) is 6.74. The number of hydrogen-bond donors (Lipinski definition) is 0. The number of benzene rings is 3. The van der Waals surface area contributed by atoms with Crippen molar-refractivity contribution in [2.24, 2.45) is 0 Å². The number of para-hydroxylation sites is 1. The van der Waals surface area contributed by atoms with E-state index < -0.39 is 0 Å². The Morgan fingerprint density at radius 2 is 1.77 bits per heavy atom. The maximum atomic E-state index is 13.4. The van der Waals surface area contributed by atoms with E-state index in [1.165, 1.54) is 15.9 Å². The van der Waals surface area contributed by atoms with Gasteiger partial charge in [0.05, 0.1) is 10.2 Å². The third-order valence-corrected chi connectivity index (χ3v) is 7.70. The van der Waals surface area contributed by atoms with E-state index in [2.05, 4.69) is 16.7 Å². The molecule has 0 aliphatic carbocycles. The molecule has 9 nitrogen and oxygen atoms in total. The lowest BCUT2D eigenvalue weighted by Crippen LogP contribution is -2.23. The van der Waals surface area contributed by atoms with E-state index in [0.29, 0.717) is 52.3 Å². The molecule has 4 heterocycles. The van der Waals surface area contributed by atoms with Crippen molar-refractivity contribution in [2.75, 3.05) is 19.8 Å². The van der Waals surface area contributed by atoms with E-state index in [4.69, 9.17) is 19.3 Å². The second-order valence-corrected chi connectivity index (χ2v) is 10.7. The summed E-state index contributed by atoms with van der Waals surface area (Å²) in [6.45, 7) is 5.12. The highest BCUT2D eigenvalue weighted by atomic mass is 32.1. The lowest BCUT2D eigenvalue weighted by atomic mass is 10.1. The van der Waals surface area contributed by atoms with Gasteiger partial charge in [0.25, 0.3) is 5.56 Å². The van der Waals surface area contributed by atoms with Crippen molar-refractivity contribution in [3.63, 3.8) is 0 Å². The van der Waals surface area contributed by atoms with Crippen molar-refractivity contribution in [2.45, 2.75) is 0 Å². The molecule has 6 aromatic rings. The maximum absolute atomic E-state index is 13.4. The summed E-state index contributed by atoms with van der Waals surface area (Å²) in [5, 5.41) is 9.33. The van der Waals surface area contributed by atoms with Crippen LogP contribution in [-0.4, -0.2) is 44.2 Å². The number of rotatable bonds is 8. The van der Waals surface area contributed by atoms with Gasteiger partial charge in [0, 0.05) is 17.3 Å². The number of nitrogens with zero attached hydrogens (tertiary/aromatic N) is 5. The normalized spacial score (nSPS) is 13.2. The van der Waals surface area contributed by atoms with Crippen molar-refractivity contribution in [3.05, 3.63) is 123 Å². The van der Waals surface area contributed by atoms with Gasteiger partial charge < -0.3 is 14.2 Å². The minimum Gasteiger partial charge on any atom is -0.490 e. The summed E-state index contributed by atoms with van der Waals surface area (Å²) in [5.74, 6) is 2.60. The zero-order chi connectivity index (χ0) is 29.2. The van der Waals surface area contributed by atoms with Crippen LogP contribution < -0.4 is 24.3 Å². The highest BCUT2D eigenvalue weighted by Gasteiger charge is 2.17. The van der Waals surface area contributed by atoms with E-state index in [0.717, 1.165) is 28.1 Å². The molecule has 1 aliphatic rings. The molecule has 3 aromatic heterocycles. The smallest absolute Gasteiger partial charge is 0.291 e. The fourth-order valence-corrected chi connectivity index (χ4v) is 5.59. The summed E-state index contributed by atoms with van der Waals surface area (Å²) in [7, 11) is 0. The van der Waals surface area contributed by atoms with Crippen molar-refractivity contribution < 1.29 is 14.2 Å². The molecule has 0 saturated heterocycles. The first-order valence-corrected chi connectivity index (χ1v) is 14.4. The van der Waals surface area contributed by atoms with E-state index in [9.17, 15) is 4.79 Å². The summed E-state index contributed by atoms with van der Waals surface area (Å²) in [6.07, 6.45) is 9.14. The highest BCUT2D eigenvalue weighted by molar-refractivity contribution is 7.15. The Morgan fingerprint density at radius 3 is 2.56 bits per heavy atom. The van der Waals surface area contributed by atoms with Crippen LogP contribution >= 0.6 is 11.3 Å². The first-order chi connectivity index (χ1) is 21.1. The first kappa shape index (κ1) is 26.4. The van der Waals surface area contributed by atoms with Crippen LogP contribution in [0, 0.1) is 0 Å². The lowest BCUT2D eigenvalue weighted by molar-refractivity contribution is 0.171. The maximum Gasteiger partial charge on any atom is 0.291 e. The van der Waals surface area contributed by atoms with Crippen LogP contribution in [0.15, 0.2) is 96.4 Å². The van der Waals surface area contributed by atoms with Crippen LogP contribution in [0.5, 0.6) is 17.2 Å². The zero-order valence-corrected chi connectivity index (χ0v) is 23.7. The summed E-state index contributed by atoms with van der Waals surface area (Å²) in [5.41, 5.74) is 3.97. The van der Waals surface area contributed by atoms with Gasteiger partial charge in [-0.1, -0.05) is 60.4 Å². The Kier molecular flexibility index (Phi) is 7.02. The summed E-state index contributed by atoms with van der Waals surface area (Å²) < 4.78 is 20.7. The second-order valence-electron chi connectivity index (χ2n) is 9.65. The number of hydrogen-bond acceptors (Lipinski definition) is 8. The van der Waals surface area contributed by atoms with Crippen molar-refractivity contribution in [1.29, 1.82) is 0 Å². The van der Waals surface area contributed by atoms with Gasteiger partial charge in [-0.05, 0) is 60.2 Å². The monoisotopic (exact) mass is 587 g/mol. The van der Waals surface area contributed by atoms with Crippen molar-refractivity contribution >= 4 is 34.5 Å². The third kappa shape index (κ3) is 5.43. The number of fused-ring (bicyclic) bond motifs is 2. The van der Waals surface area contributed by atoms with Gasteiger partial charge in [-0.3, -0.25) is 4.79 Å². The van der Waals surface area contributed by atoms with Crippen LogP contribution in [0.3, 0.4) is 0 Å². The number of thiazole rings is 1. The molecule has 0 fully saturated rings.